The van der Waals surface area contributed by atoms with Crippen LogP contribution >= 0.6 is 0 Å². The fourth-order valence-corrected chi connectivity index (χ4v) is 1.57. The summed E-state index contributed by atoms with van der Waals surface area (Å²) in [5.74, 6) is 0.259. The maximum atomic E-state index is 11.7. The molecule has 19 heavy (non-hydrogen) atoms. The van der Waals surface area contributed by atoms with Crippen molar-refractivity contribution in [1.82, 2.24) is 4.90 Å². The standard InChI is InChI=1S/C15H29NO3/c1-12(2)13(18)10-15(5,6)19-9-8-14(3,4)16(7)11-17/h11-12H,8-10H2,1-7H3. The van der Waals surface area contributed by atoms with E-state index in [1.165, 1.54) is 0 Å². The zero-order valence-corrected chi connectivity index (χ0v) is 13.4. The maximum Gasteiger partial charge on any atom is 0.209 e. The van der Waals surface area contributed by atoms with E-state index < -0.39 is 5.60 Å². The first-order valence-electron chi connectivity index (χ1n) is 6.87. The van der Waals surface area contributed by atoms with Crippen LogP contribution in [0.15, 0.2) is 0 Å². The van der Waals surface area contributed by atoms with E-state index in [2.05, 4.69) is 0 Å². The Bertz CT molecular complexity index is 309. The first-order chi connectivity index (χ1) is 8.52. The van der Waals surface area contributed by atoms with Crippen LogP contribution in [0.2, 0.25) is 0 Å². The van der Waals surface area contributed by atoms with Gasteiger partial charge >= 0.3 is 0 Å². The molecule has 0 spiro atoms. The summed E-state index contributed by atoms with van der Waals surface area (Å²) in [5, 5.41) is 0. The second-order valence-corrected chi connectivity index (χ2v) is 6.68. The van der Waals surface area contributed by atoms with Gasteiger partial charge in [-0.2, -0.15) is 0 Å². The lowest BCUT2D eigenvalue weighted by molar-refractivity contribution is -0.129. The molecule has 112 valence electrons. The molecule has 0 heterocycles. The second-order valence-electron chi connectivity index (χ2n) is 6.68. The average Bonchev–Trinajstić information content (AvgIpc) is 2.26. The molecule has 0 aromatic heterocycles. The van der Waals surface area contributed by atoms with Gasteiger partial charge in [0.25, 0.3) is 0 Å². The van der Waals surface area contributed by atoms with Crippen molar-refractivity contribution >= 4 is 12.2 Å². The van der Waals surface area contributed by atoms with Gasteiger partial charge in [0.05, 0.1) is 5.60 Å². The number of rotatable bonds is 9. The van der Waals surface area contributed by atoms with Gasteiger partial charge in [0, 0.05) is 31.5 Å². The number of ether oxygens (including phenoxy) is 1. The summed E-state index contributed by atoms with van der Waals surface area (Å²) in [7, 11) is 1.76. The molecule has 0 rings (SSSR count). The number of Topliss-reactive ketones (excluding diaryl/α,β-unsaturated/α-hetero) is 1. The summed E-state index contributed by atoms with van der Waals surface area (Å²) in [4.78, 5) is 24.2. The SMILES string of the molecule is CC(C)C(=O)CC(C)(C)OCCC(C)(C)N(C)C=O. The fourth-order valence-electron chi connectivity index (χ4n) is 1.57. The monoisotopic (exact) mass is 271 g/mol. The zero-order chi connectivity index (χ0) is 15.3. The topological polar surface area (TPSA) is 46.6 Å². The van der Waals surface area contributed by atoms with Crippen LogP contribution in [0.3, 0.4) is 0 Å². The molecule has 0 aliphatic rings. The van der Waals surface area contributed by atoms with E-state index in [4.69, 9.17) is 4.74 Å². The molecule has 0 N–H and O–H groups in total. The summed E-state index contributed by atoms with van der Waals surface area (Å²) >= 11 is 0. The lowest BCUT2D eigenvalue weighted by Crippen LogP contribution is -2.42. The molecule has 0 saturated carbocycles. The summed E-state index contributed by atoms with van der Waals surface area (Å²) in [6, 6.07) is 0. The third kappa shape index (κ3) is 6.71. The first-order valence-corrected chi connectivity index (χ1v) is 6.87. The summed E-state index contributed by atoms with van der Waals surface area (Å²) in [6.07, 6.45) is 1.99. The molecular weight excluding hydrogens is 242 g/mol. The molecule has 0 aliphatic carbocycles. The van der Waals surface area contributed by atoms with E-state index in [9.17, 15) is 9.59 Å². The first kappa shape index (κ1) is 18.1. The summed E-state index contributed by atoms with van der Waals surface area (Å²) < 4.78 is 5.82. The molecule has 0 radical (unpaired) electrons. The van der Waals surface area contributed by atoms with Crippen molar-refractivity contribution in [2.24, 2.45) is 5.92 Å². The Labute approximate surface area is 117 Å². The van der Waals surface area contributed by atoms with Gasteiger partial charge in [-0.1, -0.05) is 13.8 Å². The average molecular weight is 271 g/mol. The van der Waals surface area contributed by atoms with Crippen molar-refractivity contribution in [3.05, 3.63) is 0 Å². The van der Waals surface area contributed by atoms with Crippen molar-refractivity contribution in [3.8, 4) is 0 Å². The fraction of sp³-hybridized carbons (Fsp3) is 0.867. The van der Waals surface area contributed by atoms with Gasteiger partial charge in [-0.15, -0.1) is 0 Å². The molecule has 0 saturated heterocycles. The van der Waals surface area contributed by atoms with E-state index >= 15 is 0 Å². The van der Waals surface area contributed by atoms with E-state index in [-0.39, 0.29) is 17.2 Å². The van der Waals surface area contributed by atoms with Crippen LogP contribution < -0.4 is 0 Å². The number of hydrogen-bond donors (Lipinski definition) is 0. The minimum absolute atomic E-state index is 0.0421. The molecule has 0 bridgehead atoms. The van der Waals surface area contributed by atoms with Crippen molar-refractivity contribution in [3.63, 3.8) is 0 Å². The third-order valence-corrected chi connectivity index (χ3v) is 3.56. The predicted octanol–water partition coefficient (Wildman–Crippen LogP) is 2.65. The highest BCUT2D eigenvalue weighted by atomic mass is 16.5. The van der Waals surface area contributed by atoms with Crippen LogP contribution in [-0.4, -0.2) is 41.9 Å². The number of ketones is 1. The van der Waals surface area contributed by atoms with Crippen molar-refractivity contribution in [1.29, 1.82) is 0 Å². The number of carbonyl (C=O) groups is 2. The normalized spacial score (nSPS) is 12.6. The van der Waals surface area contributed by atoms with E-state index in [0.717, 1.165) is 12.8 Å². The molecule has 4 nitrogen and oxygen atoms in total. The van der Waals surface area contributed by atoms with Crippen molar-refractivity contribution in [2.45, 2.75) is 65.5 Å². The Morgan fingerprint density at radius 2 is 1.79 bits per heavy atom. The molecule has 0 aromatic carbocycles. The quantitative estimate of drug-likeness (QED) is 0.606. The lowest BCUT2D eigenvalue weighted by Gasteiger charge is -2.34. The van der Waals surface area contributed by atoms with Gasteiger partial charge in [0.2, 0.25) is 6.41 Å². The van der Waals surface area contributed by atoms with Crippen LogP contribution in [0.5, 0.6) is 0 Å². The molecule has 0 aromatic rings. The van der Waals surface area contributed by atoms with Gasteiger partial charge in [0.15, 0.2) is 0 Å². The minimum Gasteiger partial charge on any atom is -0.375 e. The van der Waals surface area contributed by atoms with Gasteiger partial charge in [-0.05, 0) is 34.1 Å². The van der Waals surface area contributed by atoms with Crippen LogP contribution in [0.25, 0.3) is 0 Å². The third-order valence-electron chi connectivity index (χ3n) is 3.56. The van der Waals surface area contributed by atoms with Gasteiger partial charge in [-0.25, -0.2) is 0 Å². The van der Waals surface area contributed by atoms with Crippen LogP contribution in [0, 0.1) is 5.92 Å². The highest BCUT2D eigenvalue weighted by molar-refractivity contribution is 5.81. The second kappa shape index (κ2) is 7.04. The summed E-state index contributed by atoms with van der Waals surface area (Å²) in [6.45, 7) is 12.2. The molecular formula is C15H29NO3. The zero-order valence-electron chi connectivity index (χ0n) is 13.4. The Morgan fingerprint density at radius 3 is 2.21 bits per heavy atom. The highest BCUT2D eigenvalue weighted by Crippen LogP contribution is 2.21. The van der Waals surface area contributed by atoms with Crippen LogP contribution in [0.4, 0.5) is 0 Å². The predicted molar refractivity (Wildman–Crippen MR) is 77.0 cm³/mol. The number of nitrogens with zero attached hydrogens (tertiary/aromatic N) is 1. The van der Waals surface area contributed by atoms with Gasteiger partial charge in [0.1, 0.15) is 5.78 Å². The highest BCUT2D eigenvalue weighted by Gasteiger charge is 2.27. The Morgan fingerprint density at radius 1 is 1.26 bits per heavy atom. The van der Waals surface area contributed by atoms with E-state index in [1.807, 2.05) is 41.5 Å². The van der Waals surface area contributed by atoms with Gasteiger partial charge < -0.3 is 9.64 Å². The van der Waals surface area contributed by atoms with Crippen molar-refractivity contribution < 1.29 is 14.3 Å². The summed E-state index contributed by atoms with van der Waals surface area (Å²) in [5.41, 5.74) is -0.683. The molecule has 1 amide bonds. The smallest absolute Gasteiger partial charge is 0.209 e. The Hall–Kier alpha value is -0.900. The molecule has 0 aliphatic heterocycles. The Kier molecular flexibility index (Phi) is 6.70. The molecule has 0 fully saturated rings. The molecule has 0 atom stereocenters. The number of hydrogen-bond acceptors (Lipinski definition) is 3. The maximum absolute atomic E-state index is 11.7. The van der Waals surface area contributed by atoms with Crippen molar-refractivity contribution in [2.75, 3.05) is 13.7 Å². The molecule has 4 heteroatoms. The number of carbonyl (C=O) groups excluding carboxylic acids is 2. The Balaban J connectivity index is 4.25. The number of amides is 1. The van der Waals surface area contributed by atoms with Gasteiger partial charge in [-0.3, -0.25) is 9.59 Å². The largest absolute Gasteiger partial charge is 0.375 e. The van der Waals surface area contributed by atoms with Crippen LogP contribution in [0.1, 0.15) is 54.4 Å². The molecule has 0 unspecified atom stereocenters. The van der Waals surface area contributed by atoms with Crippen LogP contribution in [-0.2, 0) is 14.3 Å². The van der Waals surface area contributed by atoms with E-state index in [1.54, 1.807) is 11.9 Å². The minimum atomic E-state index is -0.447. The van der Waals surface area contributed by atoms with E-state index in [0.29, 0.717) is 13.0 Å². The lowest BCUT2D eigenvalue weighted by atomic mass is 9.95.